The van der Waals surface area contributed by atoms with Crippen LogP contribution in [-0.2, 0) is 23.4 Å². The van der Waals surface area contributed by atoms with Crippen LogP contribution in [0.3, 0.4) is 0 Å². The van der Waals surface area contributed by atoms with Gasteiger partial charge in [0.25, 0.3) is 0 Å². The van der Waals surface area contributed by atoms with Gasteiger partial charge in [0.15, 0.2) is 0 Å². The van der Waals surface area contributed by atoms with Gasteiger partial charge in [0.2, 0.25) is 5.91 Å². The van der Waals surface area contributed by atoms with E-state index in [1.807, 2.05) is 27.7 Å². The first-order valence-corrected chi connectivity index (χ1v) is 8.65. The highest BCUT2D eigenvalue weighted by Gasteiger charge is 2.15. The van der Waals surface area contributed by atoms with Crippen LogP contribution in [0.1, 0.15) is 59.8 Å². The number of amides is 1. The summed E-state index contributed by atoms with van der Waals surface area (Å²) in [5, 5.41) is 2.88. The lowest BCUT2D eigenvalue weighted by molar-refractivity contribution is -0.192. The molecule has 0 aliphatic heterocycles. The van der Waals surface area contributed by atoms with Crippen LogP contribution >= 0.6 is 8.60 Å². The van der Waals surface area contributed by atoms with E-state index in [0.717, 1.165) is 25.7 Å². The fourth-order valence-electron chi connectivity index (χ4n) is 1.58. The molecule has 0 radical (unpaired) electrons. The van der Waals surface area contributed by atoms with Crippen LogP contribution in [0.15, 0.2) is 0 Å². The molecule has 0 bridgehead atoms. The van der Waals surface area contributed by atoms with Gasteiger partial charge in [-0.15, -0.1) is 0 Å². The number of hydrogen-bond acceptors (Lipinski definition) is 5. The normalized spacial score (nSPS) is 12.9. The smallest absolute Gasteiger partial charge is 0.354 e. The van der Waals surface area contributed by atoms with Crippen LogP contribution in [0.4, 0.5) is 0 Å². The van der Waals surface area contributed by atoms with E-state index < -0.39 is 8.60 Å². The summed E-state index contributed by atoms with van der Waals surface area (Å²) in [6, 6.07) is 0.215. The molecule has 6 nitrogen and oxygen atoms in total. The molecule has 0 aromatic carbocycles. The molecule has 0 aliphatic carbocycles. The lowest BCUT2D eigenvalue weighted by atomic mass is 10.1. The van der Waals surface area contributed by atoms with Crippen molar-refractivity contribution < 1.29 is 23.4 Å². The fourth-order valence-corrected chi connectivity index (χ4v) is 2.46. The lowest BCUT2D eigenvalue weighted by Gasteiger charge is -2.16. The van der Waals surface area contributed by atoms with Crippen molar-refractivity contribution in [3.8, 4) is 0 Å². The van der Waals surface area contributed by atoms with Crippen molar-refractivity contribution in [1.82, 2.24) is 5.32 Å². The van der Waals surface area contributed by atoms with Gasteiger partial charge in [-0.05, 0) is 40.5 Å². The zero-order valence-electron chi connectivity index (χ0n) is 13.9. The minimum absolute atomic E-state index is 0.0331. The molecule has 0 aromatic rings. The average Bonchev–Trinajstić information content (AvgIpc) is 2.36. The van der Waals surface area contributed by atoms with Crippen molar-refractivity contribution in [3.63, 3.8) is 0 Å². The molecule has 0 aromatic heterocycles. The predicted octanol–water partition coefficient (Wildman–Crippen LogP) is 3.71. The third kappa shape index (κ3) is 14.4. The van der Waals surface area contributed by atoms with Gasteiger partial charge in [-0.3, -0.25) is 4.79 Å². The Morgan fingerprint density at radius 2 is 1.76 bits per heavy atom. The summed E-state index contributed by atoms with van der Waals surface area (Å²) in [5.41, 5.74) is 0. The van der Waals surface area contributed by atoms with Crippen molar-refractivity contribution >= 4 is 14.5 Å². The molecule has 21 heavy (non-hydrogen) atoms. The minimum atomic E-state index is -1.43. The number of unbranched alkanes of at least 4 members (excludes halogenated alkanes) is 3. The van der Waals surface area contributed by atoms with E-state index in [1.54, 1.807) is 0 Å². The van der Waals surface area contributed by atoms with Gasteiger partial charge in [0.05, 0.1) is 19.8 Å². The molecule has 1 unspecified atom stereocenters. The van der Waals surface area contributed by atoms with Crippen LogP contribution in [-0.4, -0.2) is 31.8 Å². The fraction of sp³-hybridized carbons (Fsp3) is 0.929. The van der Waals surface area contributed by atoms with Gasteiger partial charge in [0, 0.05) is 12.5 Å². The Hall–Kier alpha value is -0.260. The zero-order chi connectivity index (χ0) is 16.1. The van der Waals surface area contributed by atoms with Crippen LogP contribution in [0.2, 0.25) is 0 Å². The summed E-state index contributed by atoms with van der Waals surface area (Å²) in [5.74, 6) is 0.128. The topological polar surface area (TPSA) is 66.0 Å². The van der Waals surface area contributed by atoms with E-state index in [4.69, 9.17) is 13.7 Å². The van der Waals surface area contributed by atoms with Gasteiger partial charge in [-0.1, -0.05) is 12.8 Å². The molecule has 0 saturated carbocycles. The first-order valence-electron chi connectivity index (χ1n) is 7.55. The molecule has 1 N–H and O–H groups in total. The standard InChI is InChI=1S/C14H30NO5P/c1-12(2)15-14(16)10-8-6-7-9-11-18-21(20-17-5)19-13(3)4/h12-13H,6-11H2,1-5H3,(H,15,16). The van der Waals surface area contributed by atoms with Crippen molar-refractivity contribution in [2.24, 2.45) is 0 Å². The maximum absolute atomic E-state index is 11.4. The van der Waals surface area contributed by atoms with Crippen LogP contribution in [0, 0.1) is 0 Å². The SMILES string of the molecule is COOP(OCCCCCCC(=O)NC(C)C)OC(C)C. The second-order valence-corrected chi connectivity index (χ2v) is 6.40. The Kier molecular flexibility index (Phi) is 13.2. The first kappa shape index (κ1) is 20.7. The highest BCUT2D eigenvalue weighted by atomic mass is 31.2. The van der Waals surface area contributed by atoms with E-state index >= 15 is 0 Å². The van der Waals surface area contributed by atoms with Crippen LogP contribution in [0.25, 0.3) is 0 Å². The molecule has 0 rings (SSSR count). The molecular formula is C14H30NO5P. The van der Waals surface area contributed by atoms with Crippen molar-refractivity contribution in [2.45, 2.75) is 71.9 Å². The van der Waals surface area contributed by atoms with E-state index in [9.17, 15) is 4.79 Å². The number of rotatable bonds is 13. The summed E-state index contributed by atoms with van der Waals surface area (Å²) in [6.45, 7) is 8.34. The molecule has 7 heteroatoms. The highest BCUT2D eigenvalue weighted by molar-refractivity contribution is 7.41. The second-order valence-electron chi connectivity index (χ2n) is 5.34. The summed E-state index contributed by atoms with van der Waals surface area (Å²) in [6.07, 6.45) is 4.49. The van der Waals surface area contributed by atoms with E-state index in [0.29, 0.717) is 13.0 Å². The first-order chi connectivity index (χ1) is 9.95. The summed E-state index contributed by atoms with van der Waals surface area (Å²) in [4.78, 5) is 16.0. The molecule has 0 heterocycles. The van der Waals surface area contributed by atoms with Crippen molar-refractivity contribution in [3.05, 3.63) is 0 Å². The van der Waals surface area contributed by atoms with Crippen LogP contribution in [0.5, 0.6) is 0 Å². The Labute approximate surface area is 129 Å². The monoisotopic (exact) mass is 323 g/mol. The third-order valence-electron chi connectivity index (χ3n) is 2.38. The highest BCUT2D eigenvalue weighted by Crippen LogP contribution is 2.41. The number of nitrogens with one attached hydrogen (secondary N) is 1. The third-order valence-corrected chi connectivity index (χ3v) is 3.63. The largest absolute Gasteiger partial charge is 0.363 e. The van der Waals surface area contributed by atoms with Gasteiger partial charge in [-0.2, -0.15) is 4.67 Å². The van der Waals surface area contributed by atoms with Gasteiger partial charge in [-0.25, -0.2) is 4.89 Å². The van der Waals surface area contributed by atoms with Crippen molar-refractivity contribution in [2.75, 3.05) is 13.7 Å². The molecule has 1 amide bonds. The number of carbonyl (C=O) groups excluding carboxylic acids is 1. The van der Waals surface area contributed by atoms with Gasteiger partial charge in [0.1, 0.15) is 0 Å². The molecule has 0 aliphatic rings. The number of carbonyl (C=O) groups is 1. The summed E-state index contributed by atoms with van der Waals surface area (Å²) >= 11 is 0. The molecule has 126 valence electrons. The molecule has 0 spiro atoms. The van der Waals surface area contributed by atoms with E-state index in [-0.39, 0.29) is 18.1 Å². The van der Waals surface area contributed by atoms with E-state index in [2.05, 4.69) is 10.2 Å². The van der Waals surface area contributed by atoms with Crippen LogP contribution < -0.4 is 5.32 Å². The number of hydrogen-bond donors (Lipinski definition) is 1. The minimum Gasteiger partial charge on any atom is -0.354 e. The molecule has 0 fully saturated rings. The predicted molar refractivity (Wildman–Crippen MR) is 83.6 cm³/mol. The zero-order valence-corrected chi connectivity index (χ0v) is 14.8. The van der Waals surface area contributed by atoms with Gasteiger partial charge >= 0.3 is 8.60 Å². The van der Waals surface area contributed by atoms with Gasteiger partial charge < -0.3 is 14.4 Å². The Morgan fingerprint density at radius 1 is 1.10 bits per heavy atom. The van der Waals surface area contributed by atoms with Crippen molar-refractivity contribution in [1.29, 1.82) is 0 Å². The Balaban J connectivity index is 3.51. The maximum Gasteiger partial charge on any atom is 0.363 e. The average molecular weight is 323 g/mol. The molecular weight excluding hydrogens is 293 g/mol. The van der Waals surface area contributed by atoms with E-state index in [1.165, 1.54) is 7.11 Å². The summed E-state index contributed by atoms with van der Waals surface area (Å²) in [7, 11) is 0.00377. The lowest BCUT2D eigenvalue weighted by Crippen LogP contribution is -2.29. The maximum atomic E-state index is 11.4. The summed E-state index contributed by atoms with van der Waals surface area (Å²) < 4.78 is 15.8. The molecule has 0 saturated heterocycles. The Bertz CT molecular complexity index is 264. The Morgan fingerprint density at radius 3 is 2.33 bits per heavy atom. The molecule has 1 atom stereocenters. The second kappa shape index (κ2) is 13.4. The quantitative estimate of drug-likeness (QED) is 0.242.